The third-order valence-electron chi connectivity index (χ3n) is 5.37. The highest BCUT2D eigenvalue weighted by molar-refractivity contribution is 7.22. The molecule has 1 atom stereocenters. The largest absolute Gasteiger partial charge is 0.426 e. The van der Waals surface area contributed by atoms with Gasteiger partial charge in [0.2, 0.25) is 0 Å². The zero-order valence-electron chi connectivity index (χ0n) is 17.6. The Bertz CT molecular complexity index is 1130. The van der Waals surface area contributed by atoms with Gasteiger partial charge in [0.15, 0.2) is 0 Å². The molecule has 1 aliphatic carbocycles. The lowest BCUT2D eigenvalue weighted by molar-refractivity contribution is -0.0223. The summed E-state index contributed by atoms with van der Waals surface area (Å²) < 4.78 is 41.6. The van der Waals surface area contributed by atoms with Crippen LogP contribution in [0.1, 0.15) is 30.6 Å². The first-order chi connectivity index (χ1) is 14.0. The van der Waals surface area contributed by atoms with Gasteiger partial charge in [-0.2, -0.15) is 5.10 Å². The Balaban J connectivity index is 1.60. The molecule has 30 heavy (non-hydrogen) atoms. The van der Waals surface area contributed by atoms with E-state index in [-0.39, 0.29) is 6.42 Å². The molecule has 0 radical (unpaired) electrons. The number of nitrogens with zero attached hydrogens (tertiary/aromatic N) is 2. The van der Waals surface area contributed by atoms with Crippen molar-refractivity contribution in [1.29, 1.82) is 0 Å². The number of aromatic nitrogens is 2. The third-order valence-corrected chi connectivity index (χ3v) is 8.24. The van der Waals surface area contributed by atoms with Crippen LogP contribution in [0.25, 0.3) is 20.5 Å². The molecule has 0 spiro atoms. The Morgan fingerprint density at radius 2 is 2.17 bits per heavy atom. The quantitative estimate of drug-likeness (QED) is 0.355. The van der Waals surface area contributed by atoms with Gasteiger partial charge in [-0.25, -0.2) is 18.3 Å². The highest BCUT2D eigenvalue weighted by Gasteiger charge is 2.40. The van der Waals surface area contributed by atoms with Crippen LogP contribution in [0, 0.1) is 0 Å². The maximum Gasteiger partial charge on any atom is 0.354 e. The van der Waals surface area contributed by atoms with Crippen LogP contribution in [0.4, 0.5) is 8.78 Å². The lowest BCUT2D eigenvalue weighted by Gasteiger charge is -2.27. The van der Waals surface area contributed by atoms with Gasteiger partial charge in [0.1, 0.15) is 17.2 Å². The summed E-state index contributed by atoms with van der Waals surface area (Å²) in [7, 11) is -1.14. The summed E-state index contributed by atoms with van der Waals surface area (Å²) in [6, 6.07) is 2.90. The second kappa shape index (κ2) is 7.69. The van der Waals surface area contributed by atoms with Gasteiger partial charge in [0.25, 0.3) is 5.92 Å². The molecule has 3 aromatic heterocycles. The maximum absolute atomic E-state index is 14.2. The monoisotopic (exact) mass is 452 g/mol. The summed E-state index contributed by atoms with van der Waals surface area (Å²) >= 11 is 1.26. The van der Waals surface area contributed by atoms with Crippen molar-refractivity contribution in [2.24, 2.45) is 0 Å². The maximum atomic E-state index is 14.2. The molecule has 1 aliphatic rings. The van der Waals surface area contributed by atoms with Crippen LogP contribution in [0.3, 0.4) is 0 Å². The SMILES string of the molecule is CC1CC(F)(F)Cc2c1oc(=O)c1sc(-c3cnn(COCC[Si](C)(C)C)c3)cc21. The molecule has 0 aromatic carbocycles. The normalized spacial score (nSPS) is 18.7. The molecule has 4 rings (SSSR count). The third kappa shape index (κ3) is 4.43. The number of fused-ring (bicyclic) bond motifs is 3. The number of hydrogen-bond acceptors (Lipinski definition) is 5. The average molecular weight is 453 g/mol. The van der Waals surface area contributed by atoms with Gasteiger partial charge >= 0.3 is 5.63 Å². The summed E-state index contributed by atoms with van der Waals surface area (Å²) in [4.78, 5) is 13.3. The van der Waals surface area contributed by atoms with Crippen LogP contribution in [-0.2, 0) is 17.9 Å². The van der Waals surface area contributed by atoms with Crippen molar-refractivity contribution in [2.75, 3.05) is 6.61 Å². The van der Waals surface area contributed by atoms with Crippen LogP contribution in [0.15, 0.2) is 27.7 Å². The molecule has 3 aromatic rings. The van der Waals surface area contributed by atoms with Crippen molar-refractivity contribution in [3.8, 4) is 10.4 Å². The number of thiophene rings is 1. The predicted octanol–water partition coefficient (Wildman–Crippen LogP) is 5.72. The van der Waals surface area contributed by atoms with E-state index in [1.54, 1.807) is 17.8 Å². The Kier molecular flexibility index (Phi) is 5.48. The number of halogens is 2. The van der Waals surface area contributed by atoms with Gasteiger partial charge < -0.3 is 9.15 Å². The van der Waals surface area contributed by atoms with Crippen molar-refractivity contribution < 1.29 is 17.9 Å². The van der Waals surface area contributed by atoms with Crippen molar-refractivity contribution in [1.82, 2.24) is 9.78 Å². The summed E-state index contributed by atoms with van der Waals surface area (Å²) in [6.45, 7) is 9.64. The summed E-state index contributed by atoms with van der Waals surface area (Å²) in [5.74, 6) is -2.88. The minimum Gasteiger partial charge on any atom is -0.426 e. The molecular weight excluding hydrogens is 426 g/mol. The van der Waals surface area contributed by atoms with Gasteiger partial charge in [0.05, 0.1) is 6.20 Å². The molecular formula is C21H26F2N2O3SSi. The summed E-state index contributed by atoms with van der Waals surface area (Å²) in [5.41, 5.74) is 0.825. The molecule has 9 heteroatoms. The molecule has 0 saturated heterocycles. The van der Waals surface area contributed by atoms with Crippen LogP contribution < -0.4 is 5.63 Å². The smallest absolute Gasteiger partial charge is 0.354 e. The van der Waals surface area contributed by atoms with Crippen LogP contribution in [-0.4, -0.2) is 30.4 Å². The van der Waals surface area contributed by atoms with E-state index in [9.17, 15) is 13.6 Å². The average Bonchev–Trinajstić information content (AvgIpc) is 3.26. The molecule has 0 amide bonds. The molecule has 0 saturated carbocycles. The first-order valence-electron chi connectivity index (χ1n) is 10.1. The molecule has 0 bridgehead atoms. The van der Waals surface area contributed by atoms with E-state index < -0.39 is 32.0 Å². The Hall–Kier alpha value is -1.84. The Morgan fingerprint density at radius 1 is 1.40 bits per heavy atom. The zero-order valence-corrected chi connectivity index (χ0v) is 19.4. The lowest BCUT2D eigenvalue weighted by atomic mass is 9.85. The van der Waals surface area contributed by atoms with E-state index in [0.717, 1.165) is 16.5 Å². The van der Waals surface area contributed by atoms with E-state index in [2.05, 4.69) is 24.7 Å². The van der Waals surface area contributed by atoms with Gasteiger partial charge in [-0.05, 0) is 12.1 Å². The number of hydrogen-bond donors (Lipinski definition) is 0. The summed E-state index contributed by atoms with van der Waals surface area (Å²) in [5, 5.41) is 4.91. The predicted molar refractivity (Wildman–Crippen MR) is 117 cm³/mol. The van der Waals surface area contributed by atoms with Gasteiger partial charge in [-0.15, -0.1) is 11.3 Å². The van der Waals surface area contributed by atoms with Gasteiger partial charge in [-0.3, -0.25) is 0 Å². The van der Waals surface area contributed by atoms with Crippen molar-refractivity contribution in [3.63, 3.8) is 0 Å². The number of alkyl halides is 2. The molecule has 1 unspecified atom stereocenters. The molecule has 0 aliphatic heterocycles. The van der Waals surface area contributed by atoms with E-state index in [1.807, 2.05) is 12.3 Å². The van der Waals surface area contributed by atoms with E-state index in [1.165, 1.54) is 11.3 Å². The van der Waals surface area contributed by atoms with E-state index in [0.29, 0.717) is 34.7 Å². The fourth-order valence-electron chi connectivity index (χ4n) is 3.80. The number of rotatable bonds is 6. The molecule has 5 nitrogen and oxygen atoms in total. The Morgan fingerprint density at radius 3 is 2.90 bits per heavy atom. The minimum atomic E-state index is -2.79. The van der Waals surface area contributed by atoms with Gasteiger partial charge in [0, 0.05) is 61.0 Å². The van der Waals surface area contributed by atoms with Crippen LogP contribution in [0.2, 0.25) is 25.7 Å². The van der Waals surface area contributed by atoms with Crippen molar-refractivity contribution in [3.05, 3.63) is 40.2 Å². The van der Waals surface area contributed by atoms with Gasteiger partial charge in [-0.1, -0.05) is 26.6 Å². The fraction of sp³-hybridized carbons (Fsp3) is 0.524. The highest BCUT2D eigenvalue weighted by Crippen LogP contribution is 2.44. The van der Waals surface area contributed by atoms with Crippen molar-refractivity contribution in [2.45, 2.75) is 64.0 Å². The molecule has 3 heterocycles. The number of ether oxygens (including phenoxy) is 1. The first kappa shape index (κ1) is 21.4. The first-order valence-corrected chi connectivity index (χ1v) is 14.6. The van der Waals surface area contributed by atoms with E-state index >= 15 is 0 Å². The Labute approximate surface area is 178 Å². The summed E-state index contributed by atoms with van der Waals surface area (Å²) in [6.07, 6.45) is 2.87. The van der Waals surface area contributed by atoms with Crippen LogP contribution >= 0.6 is 11.3 Å². The topological polar surface area (TPSA) is 57.3 Å². The molecule has 162 valence electrons. The standard InChI is InChI=1S/C21H26F2N2O3SSi/c1-13-8-21(22,23)9-16-15-7-17(29-19(15)20(26)28-18(13)16)14-10-24-25(11-14)12-27-5-6-30(2,3)4/h7,10-11,13H,5-6,8-9,12H2,1-4H3. The second-order valence-corrected chi connectivity index (χ2v) is 16.0. The van der Waals surface area contributed by atoms with E-state index in [4.69, 9.17) is 9.15 Å². The minimum absolute atomic E-state index is 0.296. The second-order valence-electron chi connectivity index (χ2n) is 9.34. The van der Waals surface area contributed by atoms with Crippen molar-refractivity contribution >= 4 is 29.5 Å². The fourth-order valence-corrected chi connectivity index (χ4v) is 5.59. The van der Waals surface area contributed by atoms with Crippen LogP contribution in [0.5, 0.6) is 0 Å². The molecule has 0 fully saturated rings. The zero-order chi connectivity index (χ0) is 21.7. The lowest BCUT2D eigenvalue weighted by Crippen LogP contribution is -2.29. The molecule has 0 N–H and O–H groups in total. The highest BCUT2D eigenvalue weighted by atomic mass is 32.1.